The van der Waals surface area contributed by atoms with Gasteiger partial charge >= 0.3 is 0 Å². The molecule has 1 saturated heterocycles. The first-order valence-electron chi connectivity index (χ1n) is 8.47. The lowest BCUT2D eigenvalue weighted by molar-refractivity contribution is -0.132. The summed E-state index contributed by atoms with van der Waals surface area (Å²) >= 11 is 0. The Kier molecular flexibility index (Phi) is 4.79. The van der Waals surface area contributed by atoms with Gasteiger partial charge in [-0.15, -0.1) is 0 Å². The molecule has 1 heterocycles. The van der Waals surface area contributed by atoms with Crippen molar-refractivity contribution >= 4 is 5.91 Å². The van der Waals surface area contributed by atoms with Crippen LogP contribution in [0.5, 0.6) is 0 Å². The zero-order valence-electron chi connectivity index (χ0n) is 13.4. The van der Waals surface area contributed by atoms with Crippen molar-refractivity contribution in [3.63, 3.8) is 0 Å². The number of carbonyl (C=O) groups is 1. The highest BCUT2D eigenvalue weighted by Crippen LogP contribution is 2.36. The molecular formula is C18H27N3O. The maximum Gasteiger partial charge on any atom is 0.237 e. The smallest absolute Gasteiger partial charge is 0.237 e. The van der Waals surface area contributed by atoms with Crippen molar-refractivity contribution in [2.24, 2.45) is 17.6 Å². The van der Waals surface area contributed by atoms with E-state index in [1.54, 1.807) is 0 Å². The number of carbonyl (C=O) groups excluding carboxylic acids is 1. The van der Waals surface area contributed by atoms with Gasteiger partial charge in [-0.3, -0.25) is 9.69 Å². The molecule has 0 bridgehead atoms. The van der Waals surface area contributed by atoms with Crippen molar-refractivity contribution < 1.29 is 4.79 Å². The molecule has 2 N–H and O–H groups in total. The Morgan fingerprint density at radius 1 is 1.27 bits per heavy atom. The third-order valence-corrected chi connectivity index (χ3v) is 5.30. The molecule has 0 aromatic heterocycles. The van der Waals surface area contributed by atoms with Crippen LogP contribution in [0.25, 0.3) is 0 Å². The van der Waals surface area contributed by atoms with E-state index in [1.807, 2.05) is 23.1 Å². The lowest BCUT2D eigenvalue weighted by Crippen LogP contribution is -2.40. The van der Waals surface area contributed by atoms with E-state index < -0.39 is 0 Å². The first-order valence-corrected chi connectivity index (χ1v) is 8.47. The van der Waals surface area contributed by atoms with Gasteiger partial charge in [-0.05, 0) is 37.2 Å². The molecule has 2 fully saturated rings. The van der Waals surface area contributed by atoms with Crippen LogP contribution in [0.15, 0.2) is 30.3 Å². The molecule has 0 radical (unpaired) electrons. The van der Waals surface area contributed by atoms with Gasteiger partial charge in [0.1, 0.15) is 0 Å². The topological polar surface area (TPSA) is 49.6 Å². The number of nitrogens with zero attached hydrogens (tertiary/aromatic N) is 2. The van der Waals surface area contributed by atoms with Gasteiger partial charge in [-0.25, -0.2) is 0 Å². The van der Waals surface area contributed by atoms with Crippen LogP contribution in [0.1, 0.15) is 25.3 Å². The van der Waals surface area contributed by atoms with Gasteiger partial charge in [-0.2, -0.15) is 0 Å². The second kappa shape index (κ2) is 6.80. The van der Waals surface area contributed by atoms with Crippen molar-refractivity contribution in [1.29, 1.82) is 0 Å². The molecule has 1 aromatic carbocycles. The Labute approximate surface area is 133 Å². The highest BCUT2D eigenvalue weighted by atomic mass is 16.2. The van der Waals surface area contributed by atoms with Crippen LogP contribution in [0.4, 0.5) is 0 Å². The van der Waals surface area contributed by atoms with E-state index in [9.17, 15) is 4.79 Å². The van der Waals surface area contributed by atoms with Crippen LogP contribution in [-0.2, 0) is 11.3 Å². The second-order valence-electron chi connectivity index (χ2n) is 6.75. The molecule has 1 amide bonds. The van der Waals surface area contributed by atoms with E-state index >= 15 is 0 Å². The molecule has 22 heavy (non-hydrogen) atoms. The Morgan fingerprint density at radius 3 is 2.73 bits per heavy atom. The van der Waals surface area contributed by atoms with Crippen molar-refractivity contribution in [2.75, 3.05) is 26.2 Å². The average molecular weight is 301 g/mol. The minimum Gasteiger partial charge on any atom is -0.338 e. The van der Waals surface area contributed by atoms with E-state index in [-0.39, 0.29) is 5.91 Å². The van der Waals surface area contributed by atoms with Crippen LogP contribution in [-0.4, -0.2) is 47.9 Å². The van der Waals surface area contributed by atoms with Gasteiger partial charge in [0.25, 0.3) is 0 Å². The number of amides is 1. The molecule has 120 valence electrons. The van der Waals surface area contributed by atoms with Crippen LogP contribution < -0.4 is 5.73 Å². The lowest BCUT2D eigenvalue weighted by atomic mass is 9.98. The molecule has 1 saturated carbocycles. The number of nitrogens with two attached hydrogens (primary N) is 1. The van der Waals surface area contributed by atoms with Crippen molar-refractivity contribution in [3.8, 4) is 0 Å². The van der Waals surface area contributed by atoms with Gasteiger partial charge in [0.15, 0.2) is 0 Å². The molecule has 4 heteroatoms. The molecule has 2 aliphatic rings. The molecule has 3 unspecified atom stereocenters. The minimum absolute atomic E-state index is 0.236. The third-order valence-electron chi connectivity index (χ3n) is 5.30. The number of hydrogen-bond donors (Lipinski definition) is 1. The van der Waals surface area contributed by atoms with E-state index in [0.717, 1.165) is 26.1 Å². The highest BCUT2D eigenvalue weighted by Gasteiger charge is 2.41. The normalized spacial score (nSPS) is 27.8. The first kappa shape index (κ1) is 15.5. The van der Waals surface area contributed by atoms with Crippen molar-refractivity contribution in [2.45, 2.75) is 32.4 Å². The summed E-state index contributed by atoms with van der Waals surface area (Å²) < 4.78 is 0. The molecule has 0 spiro atoms. The SMILES string of the molecule is CCN(Cc1ccccc1)C(=O)CN1CC2CCC(N)C2C1. The fourth-order valence-corrected chi connectivity index (χ4v) is 4.00. The third kappa shape index (κ3) is 3.33. The van der Waals surface area contributed by atoms with E-state index in [2.05, 4.69) is 24.0 Å². The average Bonchev–Trinajstić information content (AvgIpc) is 3.07. The number of hydrogen-bond acceptors (Lipinski definition) is 3. The number of rotatable bonds is 5. The Morgan fingerprint density at radius 2 is 2.05 bits per heavy atom. The lowest BCUT2D eigenvalue weighted by Gasteiger charge is -2.25. The van der Waals surface area contributed by atoms with E-state index in [0.29, 0.717) is 31.0 Å². The number of benzene rings is 1. The molecule has 1 aromatic rings. The molecule has 1 aliphatic carbocycles. The van der Waals surface area contributed by atoms with E-state index in [4.69, 9.17) is 5.73 Å². The van der Waals surface area contributed by atoms with Gasteiger partial charge < -0.3 is 10.6 Å². The predicted octanol–water partition coefficient (Wildman–Crippen LogP) is 1.70. The fourth-order valence-electron chi connectivity index (χ4n) is 4.00. The largest absolute Gasteiger partial charge is 0.338 e. The Hall–Kier alpha value is -1.39. The highest BCUT2D eigenvalue weighted by molar-refractivity contribution is 5.78. The summed E-state index contributed by atoms with van der Waals surface area (Å²) in [6.45, 7) is 6.10. The van der Waals surface area contributed by atoms with Gasteiger partial charge in [-0.1, -0.05) is 30.3 Å². The molecule has 3 atom stereocenters. The first-order chi connectivity index (χ1) is 10.7. The van der Waals surface area contributed by atoms with Crippen LogP contribution in [0.3, 0.4) is 0 Å². The molecular weight excluding hydrogens is 274 g/mol. The Bertz CT molecular complexity index is 504. The van der Waals surface area contributed by atoms with Crippen LogP contribution >= 0.6 is 0 Å². The number of likely N-dealkylation sites (tertiary alicyclic amines) is 1. The maximum atomic E-state index is 12.6. The summed E-state index contributed by atoms with van der Waals surface area (Å²) in [6, 6.07) is 10.6. The predicted molar refractivity (Wildman–Crippen MR) is 88.2 cm³/mol. The monoisotopic (exact) mass is 301 g/mol. The van der Waals surface area contributed by atoms with Gasteiger partial charge in [0.05, 0.1) is 6.54 Å². The summed E-state index contributed by atoms with van der Waals surface area (Å²) in [6.07, 6.45) is 2.39. The second-order valence-corrected chi connectivity index (χ2v) is 6.75. The summed E-state index contributed by atoms with van der Waals surface area (Å²) in [5, 5.41) is 0. The van der Waals surface area contributed by atoms with E-state index in [1.165, 1.54) is 12.0 Å². The zero-order valence-corrected chi connectivity index (χ0v) is 13.4. The summed E-state index contributed by atoms with van der Waals surface area (Å²) in [5.74, 6) is 1.56. The minimum atomic E-state index is 0.236. The standard InChI is InChI=1S/C18H27N3O/c1-2-21(10-14-6-4-3-5-7-14)18(22)13-20-11-15-8-9-17(19)16(15)12-20/h3-7,15-17H,2,8-13,19H2,1H3. The molecule has 3 rings (SSSR count). The molecule has 1 aliphatic heterocycles. The zero-order chi connectivity index (χ0) is 15.5. The van der Waals surface area contributed by atoms with Crippen molar-refractivity contribution in [3.05, 3.63) is 35.9 Å². The number of fused-ring (bicyclic) bond motifs is 1. The maximum absolute atomic E-state index is 12.6. The summed E-state index contributed by atoms with van der Waals surface area (Å²) in [4.78, 5) is 16.8. The number of likely N-dealkylation sites (N-methyl/N-ethyl adjacent to an activating group) is 1. The van der Waals surface area contributed by atoms with Crippen LogP contribution in [0.2, 0.25) is 0 Å². The van der Waals surface area contributed by atoms with Crippen molar-refractivity contribution in [1.82, 2.24) is 9.80 Å². The Balaban J connectivity index is 1.54. The van der Waals surface area contributed by atoms with Crippen LogP contribution in [0, 0.1) is 11.8 Å². The fraction of sp³-hybridized carbons (Fsp3) is 0.611. The van der Waals surface area contributed by atoms with Gasteiger partial charge in [0.2, 0.25) is 5.91 Å². The molecule has 4 nitrogen and oxygen atoms in total. The summed E-state index contributed by atoms with van der Waals surface area (Å²) in [7, 11) is 0. The summed E-state index contributed by atoms with van der Waals surface area (Å²) in [5.41, 5.74) is 7.37. The van der Waals surface area contributed by atoms with Gasteiger partial charge in [0, 0.05) is 32.2 Å². The quantitative estimate of drug-likeness (QED) is 0.900.